The van der Waals surface area contributed by atoms with Crippen molar-refractivity contribution in [2.75, 3.05) is 6.26 Å². The molecule has 0 fully saturated rings. The number of rotatable bonds is 2. The van der Waals surface area contributed by atoms with Gasteiger partial charge in [-0.25, -0.2) is 9.37 Å². The van der Waals surface area contributed by atoms with Crippen LogP contribution in [0.4, 0.5) is 17.6 Å². The fraction of sp³-hybridized carbons (Fsp3) is 0.429. The molecule has 0 atom stereocenters. The van der Waals surface area contributed by atoms with Crippen LogP contribution < -0.4 is 4.74 Å². The first-order valence-corrected chi connectivity index (χ1v) is 8.46. The zero-order valence-electron chi connectivity index (χ0n) is 12.7. The minimum absolute atomic E-state index is 0.0938. The van der Waals surface area contributed by atoms with Gasteiger partial charge in [-0.05, 0) is 49.0 Å². The Labute approximate surface area is 143 Å². The topological polar surface area (TPSA) is 35.0 Å². The molecule has 1 aromatic heterocycles. The number of aromatic nitrogens is 2. The Hall–Kier alpha value is -1.09. The molecule has 0 aliphatic rings. The maximum absolute atomic E-state index is 14.2. The average molecular weight is 413 g/mol. The smallest absolute Gasteiger partial charge is 0.417 e. The zero-order valence-corrected chi connectivity index (χ0v) is 15.1. The summed E-state index contributed by atoms with van der Waals surface area (Å²) < 4.78 is 58.8. The van der Waals surface area contributed by atoms with Crippen LogP contribution in [0.1, 0.15) is 26.3 Å². The van der Waals surface area contributed by atoms with Crippen molar-refractivity contribution in [1.29, 1.82) is 0 Å². The van der Waals surface area contributed by atoms with Gasteiger partial charge in [0.2, 0.25) is 5.88 Å². The lowest BCUT2D eigenvalue weighted by Crippen LogP contribution is -2.24. The van der Waals surface area contributed by atoms with E-state index < -0.39 is 23.2 Å². The van der Waals surface area contributed by atoms with Gasteiger partial charge < -0.3 is 4.74 Å². The van der Waals surface area contributed by atoms with Gasteiger partial charge in [-0.1, -0.05) is 11.8 Å². The Kier molecular flexibility index (Phi) is 4.83. The van der Waals surface area contributed by atoms with Crippen molar-refractivity contribution in [3.05, 3.63) is 21.9 Å². The molecule has 0 radical (unpaired) electrons. The van der Waals surface area contributed by atoms with Gasteiger partial charge in [0.1, 0.15) is 16.9 Å². The van der Waals surface area contributed by atoms with Crippen molar-refractivity contribution in [2.45, 2.75) is 37.7 Å². The lowest BCUT2D eigenvalue weighted by molar-refractivity contribution is -0.138. The van der Waals surface area contributed by atoms with Gasteiger partial charge >= 0.3 is 6.18 Å². The van der Waals surface area contributed by atoms with Gasteiger partial charge in [0.15, 0.2) is 5.16 Å². The number of thioether (sulfide) groups is 1. The highest BCUT2D eigenvalue weighted by Crippen LogP contribution is 2.43. The van der Waals surface area contributed by atoms with Gasteiger partial charge in [-0.3, -0.25) is 0 Å². The predicted octanol–water partition coefficient (Wildman–Crippen LogP) is 5.45. The number of nitrogens with zero attached hydrogens (tertiary/aromatic N) is 2. The second kappa shape index (κ2) is 6.08. The first-order chi connectivity index (χ1) is 10.4. The van der Waals surface area contributed by atoms with Crippen LogP contribution in [0, 0.1) is 5.82 Å². The fourth-order valence-corrected chi connectivity index (χ4v) is 2.90. The molecule has 126 valence electrons. The summed E-state index contributed by atoms with van der Waals surface area (Å²) >= 11 is 4.04. The lowest BCUT2D eigenvalue weighted by atomic mass is 10.1. The second-order valence-electron chi connectivity index (χ2n) is 5.67. The summed E-state index contributed by atoms with van der Waals surface area (Å²) in [5, 5.41) is 0.0763. The van der Waals surface area contributed by atoms with Gasteiger partial charge in [-0.15, -0.1) is 0 Å². The molecule has 0 aliphatic carbocycles. The van der Waals surface area contributed by atoms with E-state index in [0.29, 0.717) is 6.07 Å². The fourth-order valence-electron chi connectivity index (χ4n) is 1.85. The van der Waals surface area contributed by atoms with Gasteiger partial charge in [-0.2, -0.15) is 18.2 Å². The molecule has 0 saturated carbocycles. The lowest BCUT2D eigenvalue weighted by Gasteiger charge is -2.22. The summed E-state index contributed by atoms with van der Waals surface area (Å²) in [6.07, 6.45) is -3.04. The maximum atomic E-state index is 14.2. The van der Waals surface area contributed by atoms with E-state index in [1.54, 1.807) is 27.0 Å². The van der Waals surface area contributed by atoms with Crippen LogP contribution in [0.2, 0.25) is 0 Å². The summed E-state index contributed by atoms with van der Waals surface area (Å²) in [5.74, 6) is -1.17. The molecule has 0 aliphatic heterocycles. The molecule has 1 heterocycles. The number of ether oxygens (including phenoxy) is 1. The minimum atomic E-state index is -4.72. The normalized spacial score (nSPS) is 12.7. The standard InChI is InChI=1S/C14H13BrF4N2OS/c1-13(2,3)22-11-8-9(15)6(14(17,18)19)5-7(16)10(8)20-12(21-11)23-4/h5H,1-4H3. The van der Waals surface area contributed by atoms with Crippen LogP contribution in [0.15, 0.2) is 15.7 Å². The molecule has 0 spiro atoms. The first-order valence-electron chi connectivity index (χ1n) is 6.44. The average Bonchev–Trinajstić information content (AvgIpc) is 2.38. The maximum Gasteiger partial charge on any atom is 0.417 e. The van der Waals surface area contributed by atoms with E-state index in [1.165, 1.54) is 0 Å². The first kappa shape index (κ1) is 18.3. The van der Waals surface area contributed by atoms with Crippen LogP contribution in [0.5, 0.6) is 5.88 Å². The van der Waals surface area contributed by atoms with Crippen molar-refractivity contribution in [3.8, 4) is 5.88 Å². The van der Waals surface area contributed by atoms with Crippen LogP contribution in [0.3, 0.4) is 0 Å². The monoisotopic (exact) mass is 412 g/mol. The van der Waals surface area contributed by atoms with Crippen LogP contribution in [-0.2, 0) is 6.18 Å². The Bertz CT molecular complexity index is 759. The Morgan fingerprint density at radius 1 is 1.17 bits per heavy atom. The highest BCUT2D eigenvalue weighted by molar-refractivity contribution is 9.10. The molecule has 3 nitrogen and oxygen atoms in total. The summed E-state index contributed by atoms with van der Waals surface area (Å²) in [6, 6.07) is 0.421. The number of hydrogen-bond donors (Lipinski definition) is 0. The number of halogens is 5. The summed E-state index contributed by atoms with van der Waals surface area (Å²) in [7, 11) is 0. The molecule has 0 saturated heterocycles. The van der Waals surface area contributed by atoms with E-state index in [1.807, 2.05) is 0 Å². The van der Waals surface area contributed by atoms with Gasteiger partial charge in [0.05, 0.1) is 10.9 Å². The molecule has 0 unspecified atom stereocenters. The molecule has 0 amide bonds. The van der Waals surface area contributed by atoms with E-state index >= 15 is 0 Å². The minimum Gasteiger partial charge on any atom is -0.471 e. The molecule has 1 aromatic carbocycles. The number of hydrogen-bond acceptors (Lipinski definition) is 4. The Morgan fingerprint density at radius 2 is 1.78 bits per heavy atom. The molecule has 2 aromatic rings. The highest BCUT2D eigenvalue weighted by atomic mass is 79.9. The van der Waals surface area contributed by atoms with Gasteiger partial charge in [0, 0.05) is 4.47 Å². The van der Waals surface area contributed by atoms with E-state index in [2.05, 4.69) is 25.9 Å². The third kappa shape index (κ3) is 3.88. The largest absolute Gasteiger partial charge is 0.471 e. The molecule has 2 rings (SSSR count). The Balaban J connectivity index is 2.89. The number of fused-ring (bicyclic) bond motifs is 1. The molecule has 0 N–H and O–H groups in total. The molecule has 9 heteroatoms. The summed E-state index contributed by atoms with van der Waals surface area (Å²) in [6.45, 7) is 5.16. The van der Waals surface area contributed by atoms with Crippen LogP contribution in [0.25, 0.3) is 10.9 Å². The van der Waals surface area contributed by atoms with Crippen molar-refractivity contribution in [1.82, 2.24) is 9.97 Å². The van der Waals surface area contributed by atoms with Crippen molar-refractivity contribution in [2.24, 2.45) is 0 Å². The molecular weight excluding hydrogens is 400 g/mol. The van der Waals surface area contributed by atoms with E-state index in [-0.39, 0.29) is 26.4 Å². The molecular formula is C14H13BrF4N2OS. The van der Waals surface area contributed by atoms with Crippen LogP contribution in [-0.4, -0.2) is 21.8 Å². The van der Waals surface area contributed by atoms with Crippen LogP contribution >= 0.6 is 27.7 Å². The quantitative estimate of drug-likeness (QED) is 0.373. The number of alkyl halides is 3. The highest BCUT2D eigenvalue weighted by Gasteiger charge is 2.36. The van der Waals surface area contributed by atoms with Crippen molar-refractivity contribution < 1.29 is 22.3 Å². The second-order valence-corrected chi connectivity index (χ2v) is 7.24. The third-order valence-corrected chi connectivity index (χ3v) is 4.07. The molecule has 0 bridgehead atoms. The third-order valence-electron chi connectivity index (χ3n) is 2.70. The number of benzene rings is 1. The van der Waals surface area contributed by atoms with E-state index in [0.717, 1.165) is 11.8 Å². The van der Waals surface area contributed by atoms with Gasteiger partial charge in [0.25, 0.3) is 0 Å². The van der Waals surface area contributed by atoms with Crippen molar-refractivity contribution in [3.63, 3.8) is 0 Å². The predicted molar refractivity (Wildman–Crippen MR) is 84.4 cm³/mol. The Morgan fingerprint density at radius 3 is 2.26 bits per heavy atom. The summed E-state index contributed by atoms with van der Waals surface area (Å²) in [4.78, 5) is 8.06. The zero-order chi connectivity index (χ0) is 17.6. The molecule has 23 heavy (non-hydrogen) atoms. The van der Waals surface area contributed by atoms with Crippen molar-refractivity contribution >= 4 is 38.6 Å². The summed E-state index contributed by atoms with van der Waals surface area (Å²) in [5.41, 5.74) is -2.08. The SMILES string of the molecule is CSc1nc(OC(C)(C)C)c2c(Br)c(C(F)(F)F)cc(F)c2n1. The van der Waals surface area contributed by atoms with E-state index in [4.69, 9.17) is 4.74 Å². The van der Waals surface area contributed by atoms with E-state index in [9.17, 15) is 17.6 Å².